The Balaban J connectivity index is 2.46. The third kappa shape index (κ3) is 2.39. The molecule has 1 saturated heterocycles. The molecule has 0 aromatic heterocycles. The molecule has 0 N–H and O–H groups in total. The Labute approximate surface area is 127 Å². The van der Waals surface area contributed by atoms with Gasteiger partial charge in [-0.2, -0.15) is 0 Å². The van der Waals surface area contributed by atoms with Crippen molar-refractivity contribution < 1.29 is 9.59 Å². The van der Waals surface area contributed by atoms with Crippen LogP contribution in [0.1, 0.15) is 6.42 Å². The molecule has 1 atom stereocenters. The standard InChI is InChI=1S/C11H7BrCl3NO2/c12-4-5-1-10(17)16(11(5)18)9-3-7(14)6(13)2-8(9)15/h2-3,5H,1,4H2. The number of carbonyl (C=O) groups is 2. The first kappa shape index (κ1) is 14.1. The van der Waals surface area contributed by atoms with Gasteiger partial charge in [0.15, 0.2) is 0 Å². The highest BCUT2D eigenvalue weighted by atomic mass is 79.9. The van der Waals surface area contributed by atoms with Gasteiger partial charge in [0, 0.05) is 11.8 Å². The smallest absolute Gasteiger partial charge is 0.238 e. The third-order valence-corrected chi connectivity index (χ3v) is 4.46. The van der Waals surface area contributed by atoms with Gasteiger partial charge in [0.25, 0.3) is 0 Å². The van der Waals surface area contributed by atoms with Gasteiger partial charge in [-0.15, -0.1) is 0 Å². The molecule has 0 spiro atoms. The highest BCUT2D eigenvalue weighted by Crippen LogP contribution is 2.37. The van der Waals surface area contributed by atoms with E-state index in [1.807, 2.05) is 0 Å². The number of imide groups is 1. The molecule has 2 rings (SSSR count). The summed E-state index contributed by atoms with van der Waals surface area (Å²) in [6.07, 6.45) is 0.167. The maximum absolute atomic E-state index is 12.0. The van der Waals surface area contributed by atoms with Crippen LogP contribution in [0.2, 0.25) is 15.1 Å². The van der Waals surface area contributed by atoms with Crippen LogP contribution in [-0.4, -0.2) is 17.1 Å². The third-order valence-electron chi connectivity index (χ3n) is 2.66. The molecule has 1 fully saturated rings. The van der Waals surface area contributed by atoms with Crippen LogP contribution in [0.15, 0.2) is 12.1 Å². The van der Waals surface area contributed by atoms with E-state index in [2.05, 4.69) is 15.9 Å². The van der Waals surface area contributed by atoms with E-state index >= 15 is 0 Å². The molecule has 1 aliphatic rings. The minimum absolute atomic E-state index is 0.167. The highest BCUT2D eigenvalue weighted by Gasteiger charge is 2.39. The van der Waals surface area contributed by atoms with E-state index < -0.39 is 0 Å². The second-order valence-electron chi connectivity index (χ2n) is 3.84. The molecule has 1 aliphatic heterocycles. The summed E-state index contributed by atoms with van der Waals surface area (Å²) in [6, 6.07) is 2.85. The summed E-state index contributed by atoms with van der Waals surface area (Å²) in [5.41, 5.74) is 0.282. The molecular formula is C11H7BrCl3NO2. The van der Waals surface area contributed by atoms with Crippen LogP contribution in [0, 0.1) is 5.92 Å². The zero-order chi connectivity index (χ0) is 13.4. The molecule has 7 heteroatoms. The Kier molecular flexibility index (Phi) is 4.22. The van der Waals surface area contributed by atoms with Crippen LogP contribution in [0.5, 0.6) is 0 Å². The van der Waals surface area contributed by atoms with Crippen LogP contribution in [0.3, 0.4) is 0 Å². The summed E-state index contributed by atoms with van der Waals surface area (Å²) in [4.78, 5) is 25.0. The van der Waals surface area contributed by atoms with E-state index in [9.17, 15) is 9.59 Å². The van der Waals surface area contributed by atoms with Gasteiger partial charge < -0.3 is 0 Å². The first-order chi connectivity index (χ1) is 8.45. The van der Waals surface area contributed by atoms with Gasteiger partial charge in [-0.25, -0.2) is 4.90 Å². The summed E-state index contributed by atoms with van der Waals surface area (Å²) in [5.74, 6) is -0.926. The van der Waals surface area contributed by atoms with E-state index in [0.29, 0.717) is 5.33 Å². The topological polar surface area (TPSA) is 37.4 Å². The van der Waals surface area contributed by atoms with Gasteiger partial charge in [-0.05, 0) is 12.1 Å². The molecule has 1 heterocycles. The van der Waals surface area contributed by atoms with Crippen LogP contribution >= 0.6 is 50.7 Å². The molecule has 2 amide bonds. The number of nitrogens with zero attached hydrogens (tertiary/aromatic N) is 1. The summed E-state index contributed by atoms with van der Waals surface area (Å²) >= 11 is 20.9. The second kappa shape index (κ2) is 5.37. The normalized spacial score (nSPS) is 19.8. The summed E-state index contributed by atoms with van der Waals surface area (Å²) < 4.78 is 0. The second-order valence-corrected chi connectivity index (χ2v) is 5.71. The number of amides is 2. The van der Waals surface area contributed by atoms with Gasteiger partial charge in [-0.3, -0.25) is 9.59 Å². The highest BCUT2D eigenvalue weighted by molar-refractivity contribution is 9.09. The van der Waals surface area contributed by atoms with E-state index in [1.165, 1.54) is 12.1 Å². The number of alkyl halides is 1. The van der Waals surface area contributed by atoms with Gasteiger partial charge in [-0.1, -0.05) is 50.7 Å². The van der Waals surface area contributed by atoms with Crippen molar-refractivity contribution in [3.63, 3.8) is 0 Å². The first-order valence-electron chi connectivity index (χ1n) is 5.03. The molecule has 1 unspecified atom stereocenters. The Morgan fingerprint density at radius 1 is 1.17 bits per heavy atom. The Morgan fingerprint density at radius 3 is 2.33 bits per heavy atom. The van der Waals surface area contributed by atoms with Gasteiger partial charge in [0.2, 0.25) is 11.8 Å². The molecule has 0 bridgehead atoms. The monoisotopic (exact) mass is 369 g/mol. The Bertz CT molecular complexity index is 535. The zero-order valence-electron chi connectivity index (χ0n) is 8.92. The largest absolute Gasteiger partial charge is 0.274 e. The van der Waals surface area contributed by atoms with E-state index in [-0.39, 0.29) is 44.9 Å². The average Bonchev–Trinajstić information content (AvgIpc) is 2.59. The van der Waals surface area contributed by atoms with Crippen molar-refractivity contribution in [1.29, 1.82) is 0 Å². The number of anilines is 1. The van der Waals surface area contributed by atoms with Gasteiger partial charge in [0.05, 0.1) is 26.7 Å². The van der Waals surface area contributed by atoms with Crippen molar-refractivity contribution in [3.05, 3.63) is 27.2 Å². The number of hydrogen-bond donors (Lipinski definition) is 0. The molecule has 1 aromatic rings. The lowest BCUT2D eigenvalue weighted by molar-refractivity contribution is -0.122. The molecule has 18 heavy (non-hydrogen) atoms. The predicted octanol–water partition coefficient (Wildman–Crippen LogP) is 3.92. The van der Waals surface area contributed by atoms with Crippen molar-refractivity contribution in [2.45, 2.75) is 6.42 Å². The fourth-order valence-corrected chi connectivity index (χ4v) is 2.88. The summed E-state index contributed by atoms with van der Waals surface area (Å²) in [6.45, 7) is 0. The Hall–Kier alpha value is -0.290. The quantitative estimate of drug-likeness (QED) is 0.449. The van der Waals surface area contributed by atoms with E-state index in [4.69, 9.17) is 34.8 Å². The molecule has 0 radical (unpaired) electrons. The maximum Gasteiger partial charge on any atom is 0.238 e. The van der Waals surface area contributed by atoms with Crippen LogP contribution in [0.4, 0.5) is 5.69 Å². The molecule has 1 aromatic carbocycles. The molecule has 96 valence electrons. The van der Waals surface area contributed by atoms with E-state index in [1.54, 1.807) is 0 Å². The predicted molar refractivity (Wildman–Crippen MR) is 75.9 cm³/mol. The van der Waals surface area contributed by atoms with Crippen LogP contribution < -0.4 is 4.90 Å². The molecule has 0 saturated carbocycles. The number of halogens is 4. The van der Waals surface area contributed by atoms with Crippen molar-refractivity contribution in [3.8, 4) is 0 Å². The van der Waals surface area contributed by atoms with Crippen LogP contribution in [-0.2, 0) is 9.59 Å². The first-order valence-corrected chi connectivity index (χ1v) is 7.28. The zero-order valence-corrected chi connectivity index (χ0v) is 12.8. The number of carbonyl (C=O) groups excluding carboxylic acids is 2. The number of hydrogen-bond acceptors (Lipinski definition) is 2. The maximum atomic E-state index is 12.0. The molecule has 0 aliphatic carbocycles. The fourth-order valence-electron chi connectivity index (χ4n) is 1.75. The van der Waals surface area contributed by atoms with Crippen LogP contribution in [0.25, 0.3) is 0 Å². The van der Waals surface area contributed by atoms with Gasteiger partial charge in [0.1, 0.15) is 0 Å². The van der Waals surface area contributed by atoms with Crippen molar-refractivity contribution in [2.75, 3.05) is 10.2 Å². The Morgan fingerprint density at radius 2 is 1.78 bits per heavy atom. The van der Waals surface area contributed by atoms with Crippen molar-refractivity contribution in [1.82, 2.24) is 0 Å². The number of benzene rings is 1. The minimum atomic E-state index is -0.358. The SMILES string of the molecule is O=C1CC(CBr)C(=O)N1c1cc(Cl)c(Cl)cc1Cl. The van der Waals surface area contributed by atoms with E-state index in [0.717, 1.165) is 4.90 Å². The average molecular weight is 371 g/mol. The minimum Gasteiger partial charge on any atom is -0.274 e. The summed E-state index contributed by atoms with van der Waals surface area (Å²) in [5, 5.41) is 1.19. The van der Waals surface area contributed by atoms with Gasteiger partial charge >= 0.3 is 0 Å². The van der Waals surface area contributed by atoms with Crippen molar-refractivity contribution >= 4 is 68.2 Å². The fraction of sp³-hybridized carbons (Fsp3) is 0.273. The summed E-state index contributed by atoms with van der Waals surface area (Å²) in [7, 11) is 0. The molecule has 3 nitrogen and oxygen atoms in total. The lowest BCUT2D eigenvalue weighted by Gasteiger charge is -2.17. The lowest BCUT2D eigenvalue weighted by Crippen LogP contribution is -2.31. The molecular weight excluding hydrogens is 364 g/mol. The number of rotatable bonds is 2. The van der Waals surface area contributed by atoms with Crippen molar-refractivity contribution in [2.24, 2.45) is 5.92 Å². The lowest BCUT2D eigenvalue weighted by atomic mass is 10.1.